The molecule has 2 rings (SSSR count). The Morgan fingerprint density at radius 3 is 2.64 bits per heavy atom. The largest absolute Gasteiger partial charge is 0.492 e. The minimum Gasteiger partial charge on any atom is -0.492 e. The lowest BCUT2D eigenvalue weighted by Crippen LogP contribution is -2.43. The Balaban J connectivity index is 2.13. The van der Waals surface area contributed by atoms with Gasteiger partial charge in [0, 0.05) is 6.08 Å². The topological polar surface area (TPSA) is 76.1 Å². The van der Waals surface area contributed by atoms with Gasteiger partial charge in [0.15, 0.2) is 0 Å². The number of amides is 1. The predicted octanol–water partition coefficient (Wildman–Crippen LogP) is 3.34. The van der Waals surface area contributed by atoms with Crippen molar-refractivity contribution in [2.45, 2.75) is 33.2 Å². The average molecular weight is 368 g/mol. The summed E-state index contributed by atoms with van der Waals surface area (Å²) in [7, 11) is 0. The van der Waals surface area contributed by atoms with Gasteiger partial charge in [0.2, 0.25) is 0 Å². The van der Waals surface area contributed by atoms with Gasteiger partial charge in [-0.1, -0.05) is 31.5 Å². The molecule has 7 heteroatoms. The molecule has 0 unspecified atom stereocenters. The molecule has 1 aliphatic rings. The van der Waals surface area contributed by atoms with Gasteiger partial charge in [0.25, 0.3) is 5.91 Å². The number of benzene rings is 1. The molecule has 0 spiro atoms. The zero-order chi connectivity index (χ0) is 18.6. The van der Waals surface area contributed by atoms with E-state index in [-0.39, 0.29) is 18.4 Å². The smallest absolute Gasteiger partial charge is 0.326 e. The van der Waals surface area contributed by atoms with Crippen LogP contribution in [0.25, 0.3) is 0 Å². The third-order valence-corrected chi connectivity index (χ3v) is 4.09. The average Bonchev–Trinajstić information content (AvgIpc) is 2.89. The number of carboxylic acid groups (broad SMARTS) is 1. The maximum atomic E-state index is 12.2. The quantitative estimate of drug-likeness (QED) is 0.762. The summed E-state index contributed by atoms with van der Waals surface area (Å²) >= 11 is 6.25. The molecule has 6 nitrogen and oxygen atoms in total. The van der Waals surface area contributed by atoms with Crippen LogP contribution < -0.4 is 9.47 Å². The van der Waals surface area contributed by atoms with Gasteiger partial charge in [-0.15, -0.1) is 0 Å². The van der Waals surface area contributed by atoms with Gasteiger partial charge in [-0.2, -0.15) is 0 Å². The van der Waals surface area contributed by atoms with Crippen LogP contribution in [0.4, 0.5) is 0 Å². The second-order valence-corrected chi connectivity index (χ2v) is 6.54. The van der Waals surface area contributed by atoms with Gasteiger partial charge in [-0.05, 0) is 31.4 Å². The van der Waals surface area contributed by atoms with E-state index in [1.54, 1.807) is 18.2 Å². The van der Waals surface area contributed by atoms with Gasteiger partial charge in [-0.25, -0.2) is 4.79 Å². The number of aliphatic carboxylic acids is 1. The summed E-state index contributed by atoms with van der Waals surface area (Å²) in [5.41, 5.74) is 0. The first-order valence-electron chi connectivity index (χ1n) is 8.16. The van der Waals surface area contributed by atoms with E-state index in [1.165, 1.54) is 11.0 Å². The van der Waals surface area contributed by atoms with Crippen molar-refractivity contribution in [1.29, 1.82) is 0 Å². The number of carbonyl (C=O) groups is 2. The summed E-state index contributed by atoms with van der Waals surface area (Å²) in [5, 5.41) is 9.73. The van der Waals surface area contributed by atoms with Crippen LogP contribution in [0.3, 0.4) is 0 Å². The van der Waals surface area contributed by atoms with E-state index in [9.17, 15) is 14.7 Å². The van der Waals surface area contributed by atoms with Crippen molar-refractivity contribution in [3.63, 3.8) is 0 Å². The Labute approximate surface area is 152 Å². The van der Waals surface area contributed by atoms with Crippen LogP contribution in [-0.2, 0) is 9.59 Å². The molecule has 0 saturated heterocycles. The second-order valence-electron chi connectivity index (χ2n) is 6.16. The second kappa shape index (κ2) is 8.25. The fourth-order valence-electron chi connectivity index (χ4n) is 2.62. The first kappa shape index (κ1) is 19.1. The molecule has 1 aromatic rings. The van der Waals surface area contributed by atoms with E-state index in [2.05, 4.69) is 0 Å². The molecule has 0 aromatic heterocycles. The molecule has 0 saturated carbocycles. The van der Waals surface area contributed by atoms with Crippen molar-refractivity contribution >= 4 is 23.5 Å². The van der Waals surface area contributed by atoms with Crippen molar-refractivity contribution in [3.8, 4) is 11.5 Å². The summed E-state index contributed by atoms with van der Waals surface area (Å²) in [6.45, 7) is 6.24. The van der Waals surface area contributed by atoms with E-state index in [1.807, 2.05) is 20.8 Å². The van der Waals surface area contributed by atoms with Crippen LogP contribution in [-0.4, -0.2) is 41.1 Å². The number of hydrogen-bond acceptors (Lipinski definition) is 4. The zero-order valence-corrected chi connectivity index (χ0v) is 15.2. The van der Waals surface area contributed by atoms with Crippen molar-refractivity contribution in [3.05, 3.63) is 35.1 Å². The highest BCUT2D eigenvalue weighted by molar-refractivity contribution is 6.33. The maximum absolute atomic E-state index is 12.2. The summed E-state index contributed by atoms with van der Waals surface area (Å²) in [6.07, 6.45) is 1.68. The lowest BCUT2D eigenvalue weighted by Gasteiger charge is -2.25. The Hall–Kier alpha value is -2.21. The molecule has 0 bridgehead atoms. The summed E-state index contributed by atoms with van der Waals surface area (Å²) in [6, 6.07) is 4.25. The summed E-state index contributed by atoms with van der Waals surface area (Å²) < 4.78 is 11.1. The highest BCUT2D eigenvalue weighted by atomic mass is 35.5. The molecule has 1 amide bonds. The third-order valence-electron chi connectivity index (χ3n) is 3.72. The maximum Gasteiger partial charge on any atom is 0.326 e. The van der Waals surface area contributed by atoms with Crippen molar-refractivity contribution in [2.75, 3.05) is 13.2 Å². The van der Waals surface area contributed by atoms with Crippen molar-refractivity contribution in [1.82, 2.24) is 4.90 Å². The number of ether oxygens (including phenoxy) is 2. The Morgan fingerprint density at radius 1 is 1.36 bits per heavy atom. The van der Waals surface area contributed by atoms with E-state index < -0.39 is 12.0 Å². The van der Waals surface area contributed by atoms with Gasteiger partial charge >= 0.3 is 5.97 Å². The minimum absolute atomic E-state index is 0.0950. The molecule has 136 valence electrons. The van der Waals surface area contributed by atoms with Gasteiger partial charge in [0.05, 0.1) is 13.2 Å². The van der Waals surface area contributed by atoms with Crippen LogP contribution in [0.2, 0.25) is 5.02 Å². The normalized spacial score (nSPS) is 15.3. The summed E-state index contributed by atoms with van der Waals surface area (Å²) in [5.74, 6) is -0.0316. The number of carbonyl (C=O) groups excluding carboxylic acids is 1. The molecule has 1 aliphatic heterocycles. The third kappa shape index (κ3) is 4.66. The Morgan fingerprint density at radius 2 is 2.04 bits per heavy atom. The first-order chi connectivity index (χ1) is 11.8. The molecular formula is C18H22ClNO5. The minimum atomic E-state index is -1.02. The monoisotopic (exact) mass is 367 g/mol. The molecule has 1 N–H and O–H groups in total. The van der Waals surface area contributed by atoms with E-state index in [4.69, 9.17) is 21.1 Å². The standard InChI is InChI=1S/C18H22ClNO5/c1-4-24-14-6-5-7-15(17(14)19)25-12-9-16(21)20(10-12)13(18(22)23)8-11(2)3/h5-7,9,11,13H,4,8,10H2,1-3H3,(H,22,23)/t13-/m0/s1. The van der Waals surface area contributed by atoms with E-state index >= 15 is 0 Å². The van der Waals surface area contributed by atoms with Crippen LogP contribution in [0.15, 0.2) is 30.0 Å². The predicted molar refractivity (Wildman–Crippen MR) is 93.9 cm³/mol. The van der Waals surface area contributed by atoms with Crippen molar-refractivity contribution < 1.29 is 24.2 Å². The fourth-order valence-corrected chi connectivity index (χ4v) is 2.84. The highest BCUT2D eigenvalue weighted by Gasteiger charge is 2.34. The lowest BCUT2D eigenvalue weighted by molar-refractivity contribution is -0.148. The molecule has 25 heavy (non-hydrogen) atoms. The SMILES string of the molecule is CCOc1cccc(OC2=CC(=O)N([C@@H](CC(C)C)C(=O)O)C2)c1Cl. The molecule has 1 heterocycles. The van der Waals surface area contributed by atoms with E-state index in [0.717, 1.165) is 0 Å². The Kier molecular flexibility index (Phi) is 6.31. The highest BCUT2D eigenvalue weighted by Crippen LogP contribution is 2.35. The molecule has 1 atom stereocenters. The number of rotatable bonds is 8. The molecule has 0 radical (unpaired) electrons. The van der Waals surface area contributed by atoms with Gasteiger partial charge in [0.1, 0.15) is 28.3 Å². The van der Waals surface area contributed by atoms with Gasteiger partial charge in [-0.3, -0.25) is 4.79 Å². The van der Waals surface area contributed by atoms with Crippen LogP contribution >= 0.6 is 11.6 Å². The number of nitrogens with zero attached hydrogens (tertiary/aromatic N) is 1. The molecular weight excluding hydrogens is 346 g/mol. The fraction of sp³-hybridized carbons (Fsp3) is 0.444. The lowest BCUT2D eigenvalue weighted by atomic mass is 10.0. The number of carboxylic acids is 1. The van der Waals surface area contributed by atoms with Crippen molar-refractivity contribution in [2.24, 2.45) is 5.92 Å². The molecule has 1 aromatic carbocycles. The van der Waals surface area contributed by atoms with Crippen LogP contribution in [0.5, 0.6) is 11.5 Å². The first-order valence-corrected chi connectivity index (χ1v) is 8.54. The van der Waals surface area contributed by atoms with Crippen LogP contribution in [0.1, 0.15) is 27.2 Å². The number of hydrogen-bond donors (Lipinski definition) is 1. The van der Waals surface area contributed by atoms with E-state index in [0.29, 0.717) is 35.3 Å². The van der Waals surface area contributed by atoms with Crippen LogP contribution in [0, 0.1) is 5.92 Å². The number of halogens is 1. The zero-order valence-electron chi connectivity index (χ0n) is 14.5. The Bertz CT molecular complexity index is 686. The van der Waals surface area contributed by atoms with Gasteiger partial charge < -0.3 is 19.5 Å². The molecule has 0 fully saturated rings. The molecule has 0 aliphatic carbocycles. The summed E-state index contributed by atoms with van der Waals surface area (Å²) in [4.78, 5) is 25.0.